The zero-order chi connectivity index (χ0) is 14.3. The molecule has 1 aromatic rings. The summed E-state index contributed by atoms with van der Waals surface area (Å²) in [5.74, 6) is 0. The third-order valence-corrected chi connectivity index (χ3v) is 4.21. The van der Waals surface area contributed by atoms with E-state index in [-0.39, 0.29) is 10.8 Å². The Labute approximate surface area is 117 Å². The summed E-state index contributed by atoms with van der Waals surface area (Å²) in [5, 5.41) is 15.2. The first-order valence-corrected chi connectivity index (χ1v) is 7.29. The average Bonchev–Trinajstić information content (AvgIpc) is 2.55. The van der Waals surface area contributed by atoms with Gasteiger partial charge in [0.1, 0.15) is 0 Å². The first-order valence-electron chi connectivity index (χ1n) is 7.29. The van der Waals surface area contributed by atoms with E-state index in [1.54, 1.807) is 0 Å². The lowest BCUT2D eigenvalue weighted by Crippen LogP contribution is -2.46. The summed E-state index contributed by atoms with van der Waals surface area (Å²) >= 11 is 0. The van der Waals surface area contributed by atoms with Crippen LogP contribution in [0.2, 0.25) is 0 Å². The predicted octanol–water partition coefficient (Wildman–Crippen LogP) is 3.32. The maximum absolute atomic E-state index is 11.0. The van der Waals surface area contributed by atoms with Crippen LogP contribution in [-0.2, 0) is 13.5 Å². The number of hydrogen-bond acceptors (Lipinski definition) is 2. The molecule has 0 bridgehead atoms. The fraction of sp³-hybridized carbons (Fsp3) is 0.812. The van der Waals surface area contributed by atoms with Crippen LogP contribution in [0.3, 0.4) is 0 Å². The summed E-state index contributed by atoms with van der Waals surface area (Å²) in [6, 6.07) is 0. The van der Waals surface area contributed by atoms with Gasteiger partial charge < -0.3 is 5.11 Å². The van der Waals surface area contributed by atoms with Crippen LogP contribution in [0.1, 0.15) is 58.9 Å². The van der Waals surface area contributed by atoms with E-state index in [0.717, 1.165) is 25.7 Å². The van der Waals surface area contributed by atoms with Crippen LogP contribution < -0.4 is 0 Å². The van der Waals surface area contributed by atoms with Gasteiger partial charge in [-0.15, -0.1) is 0 Å². The molecule has 3 nitrogen and oxygen atoms in total. The van der Waals surface area contributed by atoms with Crippen LogP contribution >= 0.6 is 0 Å². The van der Waals surface area contributed by atoms with Gasteiger partial charge in [-0.25, -0.2) is 0 Å². The largest absolute Gasteiger partial charge is 0.390 e. The van der Waals surface area contributed by atoms with Crippen molar-refractivity contribution in [3.8, 4) is 0 Å². The first kappa shape index (κ1) is 14.6. The molecule has 1 saturated carbocycles. The molecule has 0 radical (unpaired) electrons. The van der Waals surface area contributed by atoms with E-state index in [9.17, 15) is 5.11 Å². The summed E-state index contributed by atoms with van der Waals surface area (Å²) in [5.41, 5.74) is 1.15. The normalized spacial score (nSPS) is 24.3. The van der Waals surface area contributed by atoms with Crippen molar-refractivity contribution >= 4 is 0 Å². The standard InChI is InChI=1S/C16H28N2O/c1-14(2)10-15(3,4)12-16(19,11-14)7-6-13-8-17-18(5)9-13/h8-9,19H,6-7,10-12H2,1-5H3. The molecule has 19 heavy (non-hydrogen) atoms. The van der Waals surface area contributed by atoms with Crippen LogP contribution in [0, 0.1) is 10.8 Å². The van der Waals surface area contributed by atoms with Crippen molar-refractivity contribution in [3.63, 3.8) is 0 Å². The van der Waals surface area contributed by atoms with Crippen LogP contribution in [0.5, 0.6) is 0 Å². The highest BCUT2D eigenvalue weighted by Gasteiger charge is 2.45. The van der Waals surface area contributed by atoms with Crippen LogP contribution in [0.15, 0.2) is 12.4 Å². The Hall–Kier alpha value is -0.830. The van der Waals surface area contributed by atoms with E-state index in [1.807, 2.05) is 24.1 Å². The summed E-state index contributed by atoms with van der Waals surface area (Å²) in [6.45, 7) is 9.12. The van der Waals surface area contributed by atoms with E-state index < -0.39 is 5.60 Å². The molecular weight excluding hydrogens is 236 g/mol. The van der Waals surface area contributed by atoms with Crippen LogP contribution in [0.25, 0.3) is 0 Å². The van der Waals surface area contributed by atoms with Gasteiger partial charge in [0, 0.05) is 13.2 Å². The number of hydrogen-bond donors (Lipinski definition) is 1. The quantitative estimate of drug-likeness (QED) is 0.909. The van der Waals surface area contributed by atoms with E-state index in [0.29, 0.717) is 0 Å². The number of nitrogens with zero attached hydrogens (tertiary/aromatic N) is 2. The molecule has 0 saturated heterocycles. The molecule has 0 unspecified atom stereocenters. The minimum atomic E-state index is -0.527. The van der Waals surface area contributed by atoms with Gasteiger partial charge in [-0.05, 0) is 48.5 Å². The Morgan fingerprint density at radius 1 is 1.16 bits per heavy atom. The summed E-state index contributed by atoms with van der Waals surface area (Å²) in [4.78, 5) is 0. The molecule has 0 atom stereocenters. The minimum absolute atomic E-state index is 0.228. The van der Waals surface area contributed by atoms with Gasteiger partial charge in [0.2, 0.25) is 0 Å². The fourth-order valence-corrected chi connectivity index (χ4v) is 4.42. The number of rotatable bonds is 3. The number of aliphatic hydroxyl groups is 1. The van der Waals surface area contributed by atoms with Crippen molar-refractivity contribution in [1.29, 1.82) is 0 Å². The second-order valence-corrected chi connectivity index (χ2v) is 8.11. The summed E-state index contributed by atoms with van der Waals surface area (Å²) in [7, 11) is 1.94. The predicted molar refractivity (Wildman–Crippen MR) is 77.9 cm³/mol. The van der Waals surface area contributed by atoms with Crippen molar-refractivity contribution in [2.45, 2.75) is 65.4 Å². The Bertz CT molecular complexity index is 429. The molecule has 0 aromatic carbocycles. The molecule has 2 rings (SSSR count). The maximum atomic E-state index is 11.0. The highest BCUT2D eigenvalue weighted by Crippen LogP contribution is 2.51. The van der Waals surface area contributed by atoms with E-state index in [1.165, 1.54) is 12.0 Å². The monoisotopic (exact) mass is 264 g/mol. The fourth-order valence-electron chi connectivity index (χ4n) is 4.42. The molecule has 0 aliphatic heterocycles. The third kappa shape index (κ3) is 3.82. The van der Waals surface area contributed by atoms with Crippen molar-refractivity contribution in [3.05, 3.63) is 18.0 Å². The zero-order valence-corrected chi connectivity index (χ0v) is 13.0. The Morgan fingerprint density at radius 3 is 2.21 bits per heavy atom. The molecule has 3 heteroatoms. The SMILES string of the molecule is Cn1cc(CCC2(O)CC(C)(C)CC(C)(C)C2)cn1. The number of aromatic nitrogens is 2. The summed E-state index contributed by atoms with van der Waals surface area (Å²) in [6.07, 6.45) is 8.70. The van der Waals surface area contributed by atoms with Crippen molar-refractivity contribution in [1.82, 2.24) is 9.78 Å². The third-order valence-electron chi connectivity index (χ3n) is 4.21. The molecule has 1 aliphatic rings. The molecule has 108 valence electrons. The van der Waals surface area contributed by atoms with E-state index >= 15 is 0 Å². The Kier molecular flexibility index (Phi) is 3.54. The van der Waals surface area contributed by atoms with Gasteiger partial charge in [-0.2, -0.15) is 5.10 Å². The van der Waals surface area contributed by atoms with Crippen LogP contribution in [0.4, 0.5) is 0 Å². The second-order valence-electron chi connectivity index (χ2n) is 8.11. The van der Waals surface area contributed by atoms with Gasteiger partial charge in [-0.3, -0.25) is 4.68 Å². The minimum Gasteiger partial charge on any atom is -0.390 e. The summed E-state index contributed by atoms with van der Waals surface area (Å²) < 4.78 is 1.83. The second kappa shape index (κ2) is 4.62. The van der Waals surface area contributed by atoms with Gasteiger partial charge >= 0.3 is 0 Å². The number of aryl methyl sites for hydroxylation is 2. The van der Waals surface area contributed by atoms with Crippen molar-refractivity contribution in [2.75, 3.05) is 0 Å². The Morgan fingerprint density at radius 2 is 1.74 bits per heavy atom. The highest BCUT2D eigenvalue weighted by atomic mass is 16.3. The van der Waals surface area contributed by atoms with Crippen LogP contribution in [-0.4, -0.2) is 20.5 Å². The topological polar surface area (TPSA) is 38.0 Å². The Balaban J connectivity index is 2.05. The lowest BCUT2D eigenvalue weighted by Gasteiger charge is -2.49. The molecule has 0 amide bonds. The highest BCUT2D eigenvalue weighted by molar-refractivity contribution is 5.06. The van der Waals surface area contributed by atoms with Crippen molar-refractivity contribution in [2.24, 2.45) is 17.9 Å². The molecular formula is C16H28N2O. The van der Waals surface area contributed by atoms with E-state index in [2.05, 4.69) is 32.8 Å². The van der Waals surface area contributed by atoms with Gasteiger partial charge in [0.15, 0.2) is 0 Å². The molecule has 1 fully saturated rings. The molecule has 1 aromatic heterocycles. The van der Waals surface area contributed by atoms with Gasteiger partial charge in [0.25, 0.3) is 0 Å². The lowest BCUT2D eigenvalue weighted by atomic mass is 9.59. The van der Waals surface area contributed by atoms with E-state index in [4.69, 9.17) is 0 Å². The molecule has 1 aliphatic carbocycles. The molecule has 1 N–H and O–H groups in total. The smallest absolute Gasteiger partial charge is 0.0661 e. The zero-order valence-electron chi connectivity index (χ0n) is 13.0. The maximum Gasteiger partial charge on any atom is 0.0661 e. The van der Waals surface area contributed by atoms with Gasteiger partial charge in [0.05, 0.1) is 11.8 Å². The first-order chi connectivity index (χ1) is 8.59. The van der Waals surface area contributed by atoms with Crippen molar-refractivity contribution < 1.29 is 5.11 Å². The lowest BCUT2D eigenvalue weighted by molar-refractivity contribution is -0.0902. The molecule has 1 heterocycles. The molecule has 0 spiro atoms. The average molecular weight is 264 g/mol. The van der Waals surface area contributed by atoms with Gasteiger partial charge in [-0.1, -0.05) is 27.7 Å².